The molecule has 2 rings (SSSR count). The van der Waals surface area contributed by atoms with Gasteiger partial charge in [0.1, 0.15) is 11.5 Å². The van der Waals surface area contributed by atoms with Gasteiger partial charge in [-0.3, -0.25) is 0 Å². The second kappa shape index (κ2) is 4.61. The number of hydrogen-bond acceptors (Lipinski definition) is 2. The van der Waals surface area contributed by atoms with Gasteiger partial charge in [0.2, 0.25) is 0 Å². The molecule has 2 N–H and O–H groups in total. The van der Waals surface area contributed by atoms with Gasteiger partial charge in [-0.1, -0.05) is 26.0 Å². The fourth-order valence-corrected chi connectivity index (χ4v) is 2.84. The molecule has 100 valence electrons. The molecule has 0 aliphatic carbocycles. The van der Waals surface area contributed by atoms with Crippen LogP contribution < -0.4 is 0 Å². The molecular weight excluding hydrogens is 236 g/mol. The summed E-state index contributed by atoms with van der Waals surface area (Å²) in [7, 11) is 0. The van der Waals surface area contributed by atoms with Crippen molar-refractivity contribution >= 4 is 0 Å². The maximum absolute atomic E-state index is 9.53. The highest BCUT2D eigenvalue weighted by Crippen LogP contribution is 2.37. The van der Waals surface area contributed by atoms with E-state index in [0.717, 1.165) is 11.1 Å². The van der Waals surface area contributed by atoms with E-state index < -0.39 is 0 Å². The molecule has 0 aliphatic heterocycles. The SMILES string of the molecule is Cc1cc(O)ccc1C(C)(C)c1ccc(O)cc1C. The number of hydrogen-bond donors (Lipinski definition) is 2. The van der Waals surface area contributed by atoms with Crippen LogP contribution in [0.5, 0.6) is 11.5 Å². The minimum Gasteiger partial charge on any atom is -0.508 e. The van der Waals surface area contributed by atoms with Crippen LogP contribution in [0.25, 0.3) is 0 Å². The Hall–Kier alpha value is -1.96. The molecular formula is C17H20O2. The lowest BCUT2D eigenvalue weighted by Crippen LogP contribution is -2.21. The molecule has 0 aromatic heterocycles. The number of rotatable bonds is 2. The zero-order valence-corrected chi connectivity index (χ0v) is 11.9. The van der Waals surface area contributed by atoms with Gasteiger partial charge in [-0.25, -0.2) is 0 Å². The maximum Gasteiger partial charge on any atom is 0.115 e. The van der Waals surface area contributed by atoms with Gasteiger partial charge < -0.3 is 10.2 Å². The fraction of sp³-hybridized carbons (Fsp3) is 0.294. The highest BCUT2D eigenvalue weighted by atomic mass is 16.3. The summed E-state index contributed by atoms with van der Waals surface area (Å²) in [5.74, 6) is 0.582. The van der Waals surface area contributed by atoms with E-state index in [4.69, 9.17) is 0 Å². The largest absolute Gasteiger partial charge is 0.508 e. The molecule has 0 saturated carbocycles. The minimum absolute atomic E-state index is 0.171. The summed E-state index contributed by atoms with van der Waals surface area (Å²) in [5, 5.41) is 19.1. The minimum atomic E-state index is -0.171. The van der Waals surface area contributed by atoms with Crippen LogP contribution in [-0.4, -0.2) is 10.2 Å². The van der Waals surface area contributed by atoms with Crippen molar-refractivity contribution in [3.63, 3.8) is 0 Å². The maximum atomic E-state index is 9.53. The van der Waals surface area contributed by atoms with E-state index in [-0.39, 0.29) is 5.41 Å². The molecule has 0 fully saturated rings. The summed E-state index contributed by atoms with van der Waals surface area (Å²) in [4.78, 5) is 0. The molecule has 0 spiro atoms. The van der Waals surface area contributed by atoms with E-state index in [1.165, 1.54) is 11.1 Å². The van der Waals surface area contributed by atoms with E-state index in [9.17, 15) is 10.2 Å². The quantitative estimate of drug-likeness (QED) is 0.851. The summed E-state index contributed by atoms with van der Waals surface area (Å²) in [6, 6.07) is 11.0. The van der Waals surface area contributed by atoms with E-state index in [2.05, 4.69) is 13.8 Å². The Bertz CT molecular complexity index is 559. The average molecular weight is 256 g/mol. The number of aryl methyl sites for hydroxylation is 2. The predicted octanol–water partition coefficient (Wildman–Crippen LogP) is 4.04. The standard InChI is InChI=1S/C17H20O2/c1-11-9-13(18)5-7-15(11)17(3,4)16-8-6-14(19)10-12(16)2/h5-10,18-19H,1-4H3. The topological polar surface area (TPSA) is 40.5 Å². The zero-order chi connectivity index (χ0) is 14.2. The number of aromatic hydroxyl groups is 2. The molecule has 0 unspecified atom stereocenters. The Morgan fingerprint density at radius 3 is 1.42 bits per heavy atom. The van der Waals surface area contributed by atoms with Crippen molar-refractivity contribution in [3.05, 3.63) is 58.7 Å². The Morgan fingerprint density at radius 2 is 1.11 bits per heavy atom. The van der Waals surface area contributed by atoms with Crippen LogP contribution in [0.1, 0.15) is 36.1 Å². The molecule has 0 radical (unpaired) electrons. The molecule has 2 heteroatoms. The lowest BCUT2D eigenvalue weighted by Gasteiger charge is -2.29. The first kappa shape index (κ1) is 13.5. The van der Waals surface area contributed by atoms with Crippen LogP contribution in [0, 0.1) is 13.8 Å². The van der Waals surface area contributed by atoms with Crippen LogP contribution in [0.4, 0.5) is 0 Å². The predicted molar refractivity (Wildman–Crippen MR) is 77.8 cm³/mol. The van der Waals surface area contributed by atoms with Crippen molar-refractivity contribution in [3.8, 4) is 11.5 Å². The molecule has 0 atom stereocenters. The molecule has 0 bridgehead atoms. The van der Waals surface area contributed by atoms with Crippen molar-refractivity contribution < 1.29 is 10.2 Å². The highest BCUT2D eigenvalue weighted by Gasteiger charge is 2.26. The van der Waals surface area contributed by atoms with Crippen LogP contribution in [0.2, 0.25) is 0 Å². The lowest BCUT2D eigenvalue weighted by molar-refractivity contribution is 0.473. The van der Waals surface area contributed by atoms with E-state index in [1.54, 1.807) is 24.3 Å². The number of phenolic OH excluding ortho intramolecular Hbond substituents is 2. The van der Waals surface area contributed by atoms with Crippen LogP contribution in [-0.2, 0) is 5.41 Å². The molecule has 2 aromatic carbocycles. The van der Waals surface area contributed by atoms with Gasteiger partial charge in [-0.2, -0.15) is 0 Å². The van der Waals surface area contributed by atoms with Crippen LogP contribution in [0.15, 0.2) is 36.4 Å². The average Bonchev–Trinajstić information content (AvgIpc) is 2.27. The summed E-state index contributed by atoms with van der Waals surface area (Å²) in [6.45, 7) is 8.33. The van der Waals surface area contributed by atoms with Gasteiger partial charge in [-0.05, 0) is 60.4 Å². The normalized spacial score (nSPS) is 11.6. The van der Waals surface area contributed by atoms with Gasteiger partial charge >= 0.3 is 0 Å². The second-order valence-corrected chi connectivity index (χ2v) is 5.62. The molecule has 0 heterocycles. The van der Waals surface area contributed by atoms with Crippen molar-refractivity contribution in [2.45, 2.75) is 33.1 Å². The second-order valence-electron chi connectivity index (χ2n) is 5.62. The fourth-order valence-electron chi connectivity index (χ4n) is 2.84. The van der Waals surface area contributed by atoms with Crippen molar-refractivity contribution in [1.29, 1.82) is 0 Å². The van der Waals surface area contributed by atoms with Gasteiger partial charge in [0, 0.05) is 5.41 Å². The highest BCUT2D eigenvalue weighted by molar-refractivity contribution is 5.48. The van der Waals surface area contributed by atoms with Gasteiger partial charge in [0.25, 0.3) is 0 Å². The van der Waals surface area contributed by atoms with Crippen molar-refractivity contribution in [2.24, 2.45) is 0 Å². The first-order valence-corrected chi connectivity index (χ1v) is 6.42. The van der Waals surface area contributed by atoms with Crippen molar-refractivity contribution in [2.75, 3.05) is 0 Å². The van der Waals surface area contributed by atoms with Crippen LogP contribution in [0.3, 0.4) is 0 Å². The Balaban J connectivity index is 2.58. The van der Waals surface area contributed by atoms with E-state index in [1.807, 2.05) is 26.0 Å². The third-order valence-electron chi connectivity index (χ3n) is 3.77. The summed E-state index contributed by atoms with van der Waals surface area (Å²) >= 11 is 0. The number of benzene rings is 2. The summed E-state index contributed by atoms with van der Waals surface area (Å²) in [5.41, 5.74) is 4.32. The summed E-state index contributed by atoms with van der Waals surface area (Å²) < 4.78 is 0. The first-order valence-electron chi connectivity index (χ1n) is 6.42. The van der Waals surface area contributed by atoms with Crippen molar-refractivity contribution in [1.82, 2.24) is 0 Å². The molecule has 0 saturated heterocycles. The lowest BCUT2D eigenvalue weighted by atomic mass is 9.74. The smallest absolute Gasteiger partial charge is 0.115 e. The molecule has 0 aliphatic rings. The number of phenols is 2. The molecule has 2 aromatic rings. The Kier molecular flexibility index (Phi) is 3.27. The monoisotopic (exact) mass is 256 g/mol. The summed E-state index contributed by atoms with van der Waals surface area (Å²) in [6.07, 6.45) is 0. The molecule has 2 nitrogen and oxygen atoms in total. The first-order chi connectivity index (χ1) is 8.82. The van der Waals surface area contributed by atoms with E-state index in [0.29, 0.717) is 11.5 Å². The zero-order valence-electron chi connectivity index (χ0n) is 11.9. The Morgan fingerprint density at radius 1 is 0.737 bits per heavy atom. The van der Waals surface area contributed by atoms with Crippen LogP contribution >= 0.6 is 0 Å². The Labute approximate surface area is 114 Å². The molecule has 19 heavy (non-hydrogen) atoms. The third-order valence-corrected chi connectivity index (χ3v) is 3.77. The molecule has 0 amide bonds. The van der Waals surface area contributed by atoms with Gasteiger partial charge in [-0.15, -0.1) is 0 Å². The van der Waals surface area contributed by atoms with Gasteiger partial charge in [0.05, 0.1) is 0 Å². The third kappa shape index (κ3) is 2.43. The van der Waals surface area contributed by atoms with Gasteiger partial charge in [0.15, 0.2) is 0 Å². The van der Waals surface area contributed by atoms with E-state index >= 15 is 0 Å².